The number of rotatable bonds is 3. The fourth-order valence-corrected chi connectivity index (χ4v) is 2.52. The number of thiazole rings is 1. The summed E-state index contributed by atoms with van der Waals surface area (Å²) >= 11 is 1.35. The molecule has 1 unspecified atom stereocenters. The van der Waals surface area contributed by atoms with E-state index in [1.807, 2.05) is 19.9 Å². The van der Waals surface area contributed by atoms with E-state index in [9.17, 15) is 4.79 Å². The maximum absolute atomic E-state index is 10.8. The van der Waals surface area contributed by atoms with E-state index in [0.717, 1.165) is 16.8 Å². The van der Waals surface area contributed by atoms with Crippen LogP contribution in [0.2, 0.25) is 0 Å². The number of pyridine rings is 1. The third-order valence-corrected chi connectivity index (χ3v) is 3.39. The van der Waals surface area contributed by atoms with Gasteiger partial charge in [0.25, 0.3) is 0 Å². The van der Waals surface area contributed by atoms with Gasteiger partial charge in [-0.25, -0.2) is 4.98 Å². The lowest BCUT2D eigenvalue weighted by molar-refractivity contribution is -0.138. The number of aryl methyl sites for hydroxylation is 2. The number of carbonyl (C=O) groups is 1. The quantitative estimate of drug-likeness (QED) is 0.883. The Morgan fingerprint density at radius 1 is 1.50 bits per heavy atom. The number of aliphatic carboxylic acids is 1. The molecule has 0 saturated carbocycles. The van der Waals surface area contributed by atoms with Crippen LogP contribution in [0.4, 0.5) is 0 Å². The molecule has 6 heteroatoms. The third kappa shape index (κ3) is 2.39. The monoisotopic (exact) mass is 263 g/mol. The van der Waals surface area contributed by atoms with Crippen molar-refractivity contribution >= 4 is 17.3 Å². The summed E-state index contributed by atoms with van der Waals surface area (Å²) in [6.45, 7) is 3.92. The maximum Gasteiger partial charge on any atom is 0.326 e. The zero-order chi connectivity index (χ0) is 13.3. The predicted octanol–water partition coefficient (Wildman–Crippen LogP) is 1.91. The molecule has 2 heterocycles. The molecule has 0 fully saturated rings. The molecular formula is C12H13N3O2S. The lowest BCUT2D eigenvalue weighted by Crippen LogP contribution is -2.20. The van der Waals surface area contributed by atoms with Crippen LogP contribution < -0.4 is 5.73 Å². The Morgan fingerprint density at radius 2 is 2.22 bits per heavy atom. The second kappa shape index (κ2) is 4.83. The molecule has 0 aromatic carbocycles. The van der Waals surface area contributed by atoms with E-state index in [0.29, 0.717) is 10.7 Å². The molecule has 2 aromatic heterocycles. The average Bonchev–Trinajstić information content (AvgIpc) is 2.77. The molecule has 0 spiro atoms. The van der Waals surface area contributed by atoms with Crippen LogP contribution in [0, 0.1) is 13.8 Å². The number of carboxylic acid groups (broad SMARTS) is 1. The number of nitrogens with two attached hydrogens (primary N) is 1. The molecule has 0 aliphatic heterocycles. The summed E-state index contributed by atoms with van der Waals surface area (Å²) in [5.41, 5.74) is 8.75. The fourth-order valence-electron chi connectivity index (χ4n) is 1.60. The lowest BCUT2D eigenvalue weighted by atomic mass is 10.2. The zero-order valence-electron chi connectivity index (χ0n) is 10.0. The molecule has 0 aliphatic rings. The van der Waals surface area contributed by atoms with Gasteiger partial charge in [-0.15, -0.1) is 11.3 Å². The number of hydrogen-bond acceptors (Lipinski definition) is 5. The van der Waals surface area contributed by atoms with Crippen molar-refractivity contribution in [2.45, 2.75) is 19.9 Å². The third-order valence-electron chi connectivity index (χ3n) is 2.52. The molecule has 0 radical (unpaired) electrons. The molecule has 18 heavy (non-hydrogen) atoms. The molecule has 0 aliphatic carbocycles. The molecule has 2 aromatic rings. The first kappa shape index (κ1) is 12.7. The highest BCUT2D eigenvalue weighted by molar-refractivity contribution is 7.13. The van der Waals surface area contributed by atoms with E-state index in [1.165, 1.54) is 11.3 Å². The van der Waals surface area contributed by atoms with Gasteiger partial charge in [0.15, 0.2) is 0 Å². The Labute approximate surface area is 108 Å². The molecular weight excluding hydrogens is 250 g/mol. The van der Waals surface area contributed by atoms with Crippen LogP contribution >= 0.6 is 11.3 Å². The van der Waals surface area contributed by atoms with Crippen molar-refractivity contribution in [3.63, 3.8) is 0 Å². The molecule has 0 saturated heterocycles. The van der Waals surface area contributed by atoms with Crippen molar-refractivity contribution in [3.05, 3.63) is 34.5 Å². The molecule has 0 bridgehead atoms. The Hall–Kier alpha value is -1.79. The largest absolute Gasteiger partial charge is 0.480 e. The van der Waals surface area contributed by atoms with E-state index in [4.69, 9.17) is 10.8 Å². The Morgan fingerprint density at radius 3 is 2.83 bits per heavy atom. The molecule has 94 valence electrons. The fraction of sp³-hybridized carbons (Fsp3) is 0.250. The molecule has 2 rings (SSSR count). The Balaban J connectivity index is 2.38. The van der Waals surface area contributed by atoms with Gasteiger partial charge in [0, 0.05) is 11.6 Å². The van der Waals surface area contributed by atoms with Crippen LogP contribution in [0.15, 0.2) is 17.6 Å². The molecule has 5 nitrogen and oxygen atoms in total. The number of hydrogen-bond donors (Lipinski definition) is 2. The van der Waals surface area contributed by atoms with Gasteiger partial charge in [0.2, 0.25) is 0 Å². The smallest absolute Gasteiger partial charge is 0.326 e. The van der Waals surface area contributed by atoms with E-state index in [2.05, 4.69) is 9.97 Å². The average molecular weight is 263 g/mol. The first-order chi connectivity index (χ1) is 8.49. The van der Waals surface area contributed by atoms with Gasteiger partial charge in [-0.05, 0) is 25.0 Å². The second-order valence-electron chi connectivity index (χ2n) is 4.07. The highest BCUT2D eigenvalue weighted by Gasteiger charge is 2.19. The lowest BCUT2D eigenvalue weighted by Gasteiger charge is -2.03. The van der Waals surface area contributed by atoms with E-state index in [1.54, 1.807) is 11.6 Å². The highest BCUT2D eigenvalue weighted by atomic mass is 32.1. The Bertz CT molecular complexity index is 595. The normalized spacial score (nSPS) is 12.4. The standard InChI is InChI=1S/C12H13N3O2S/c1-6-3-7(2)10(14-4-6)11-15-8(5-18-11)9(13)12(16)17/h3-5,9H,13H2,1-2H3,(H,16,17). The predicted molar refractivity (Wildman–Crippen MR) is 69.4 cm³/mol. The van der Waals surface area contributed by atoms with Crippen molar-refractivity contribution in [2.24, 2.45) is 5.73 Å². The summed E-state index contributed by atoms with van der Waals surface area (Å²) in [5.74, 6) is -1.08. The van der Waals surface area contributed by atoms with Crippen LogP contribution in [0.5, 0.6) is 0 Å². The van der Waals surface area contributed by atoms with E-state index < -0.39 is 12.0 Å². The van der Waals surface area contributed by atoms with Crippen molar-refractivity contribution in [1.82, 2.24) is 9.97 Å². The van der Waals surface area contributed by atoms with Crippen LogP contribution in [0.3, 0.4) is 0 Å². The highest BCUT2D eigenvalue weighted by Crippen LogP contribution is 2.26. The van der Waals surface area contributed by atoms with Gasteiger partial charge in [0.1, 0.15) is 16.7 Å². The first-order valence-electron chi connectivity index (χ1n) is 5.36. The van der Waals surface area contributed by atoms with Crippen LogP contribution in [-0.2, 0) is 4.79 Å². The van der Waals surface area contributed by atoms with Gasteiger partial charge in [-0.2, -0.15) is 0 Å². The number of aromatic nitrogens is 2. The summed E-state index contributed by atoms with van der Waals surface area (Å²) in [6.07, 6.45) is 1.76. The van der Waals surface area contributed by atoms with E-state index >= 15 is 0 Å². The topological polar surface area (TPSA) is 89.1 Å². The summed E-state index contributed by atoms with van der Waals surface area (Å²) in [6, 6.07) is 0.932. The van der Waals surface area contributed by atoms with E-state index in [-0.39, 0.29) is 0 Å². The minimum Gasteiger partial charge on any atom is -0.480 e. The number of nitrogens with zero attached hydrogens (tertiary/aromatic N) is 2. The van der Waals surface area contributed by atoms with Gasteiger partial charge >= 0.3 is 5.97 Å². The van der Waals surface area contributed by atoms with Gasteiger partial charge in [-0.3, -0.25) is 9.78 Å². The first-order valence-corrected chi connectivity index (χ1v) is 6.24. The molecule has 0 amide bonds. The second-order valence-corrected chi connectivity index (χ2v) is 4.93. The van der Waals surface area contributed by atoms with Crippen molar-refractivity contribution in [3.8, 4) is 10.7 Å². The van der Waals surface area contributed by atoms with Gasteiger partial charge in [-0.1, -0.05) is 6.07 Å². The van der Waals surface area contributed by atoms with Crippen LogP contribution in [0.1, 0.15) is 22.9 Å². The summed E-state index contributed by atoms with van der Waals surface area (Å²) in [7, 11) is 0. The summed E-state index contributed by atoms with van der Waals surface area (Å²) < 4.78 is 0. The number of carboxylic acids is 1. The summed E-state index contributed by atoms with van der Waals surface area (Å²) in [4.78, 5) is 19.3. The van der Waals surface area contributed by atoms with Crippen molar-refractivity contribution in [2.75, 3.05) is 0 Å². The SMILES string of the molecule is Cc1cnc(-c2nc(C(N)C(=O)O)cs2)c(C)c1. The minimum absolute atomic E-state index is 0.365. The summed E-state index contributed by atoms with van der Waals surface area (Å²) in [5, 5.41) is 11.2. The van der Waals surface area contributed by atoms with Gasteiger partial charge < -0.3 is 10.8 Å². The van der Waals surface area contributed by atoms with Gasteiger partial charge in [0.05, 0.1) is 5.69 Å². The van der Waals surface area contributed by atoms with Crippen LogP contribution in [-0.4, -0.2) is 21.0 Å². The maximum atomic E-state index is 10.8. The van der Waals surface area contributed by atoms with Crippen molar-refractivity contribution < 1.29 is 9.90 Å². The molecule has 1 atom stereocenters. The Kier molecular flexibility index (Phi) is 3.40. The van der Waals surface area contributed by atoms with Crippen molar-refractivity contribution in [1.29, 1.82) is 0 Å². The van der Waals surface area contributed by atoms with Crippen LogP contribution in [0.25, 0.3) is 10.7 Å². The zero-order valence-corrected chi connectivity index (χ0v) is 10.9. The molecule has 3 N–H and O–H groups in total. The minimum atomic E-state index is -1.08.